The van der Waals surface area contributed by atoms with Gasteiger partial charge in [-0.2, -0.15) is 0 Å². The first kappa shape index (κ1) is 31.1. The Balaban J connectivity index is 1.10. The molecule has 0 radical (unpaired) electrons. The lowest BCUT2D eigenvalue weighted by molar-refractivity contribution is 1.07. The number of aromatic nitrogens is 4. The van der Waals surface area contributed by atoms with Gasteiger partial charge in [-0.25, -0.2) is 15.0 Å². The quantitative estimate of drug-likeness (QED) is 0.168. The van der Waals surface area contributed by atoms with E-state index in [1.165, 1.54) is 65.3 Å². The fraction of sp³-hybridized carbons (Fsp3) is 0. The Labute approximate surface area is 317 Å². The molecule has 4 heteroatoms. The summed E-state index contributed by atoms with van der Waals surface area (Å²) in [6.45, 7) is 0. The van der Waals surface area contributed by atoms with E-state index in [9.17, 15) is 0 Å². The summed E-state index contributed by atoms with van der Waals surface area (Å²) in [5.41, 5.74) is 8.80. The zero-order valence-corrected chi connectivity index (χ0v) is 29.8. The molecule has 0 bridgehead atoms. The van der Waals surface area contributed by atoms with Crippen LogP contribution in [-0.2, 0) is 0 Å². The number of nitrogens with zero attached hydrogens (tertiary/aromatic N) is 4. The highest BCUT2D eigenvalue weighted by molar-refractivity contribution is 6.26. The van der Waals surface area contributed by atoms with Gasteiger partial charge in [0.25, 0.3) is 0 Å². The van der Waals surface area contributed by atoms with E-state index in [4.69, 9.17) is 15.0 Å². The van der Waals surface area contributed by atoms with Crippen LogP contribution in [0.15, 0.2) is 194 Å². The average molecular weight is 701 g/mol. The summed E-state index contributed by atoms with van der Waals surface area (Å²) in [7, 11) is 0. The molecule has 0 aliphatic carbocycles. The van der Waals surface area contributed by atoms with Gasteiger partial charge in [-0.15, -0.1) is 0 Å². The molecule has 0 fully saturated rings. The molecule has 0 saturated heterocycles. The maximum atomic E-state index is 5.05. The number of hydrogen-bond donors (Lipinski definition) is 0. The summed E-state index contributed by atoms with van der Waals surface area (Å²) in [6.07, 6.45) is 0. The van der Waals surface area contributed by atoms with Gasteiger partial charge < -0.3 is 4.57 Å². The minimum Gasteiger partial charge on any atom is -0.309 e. The van der Waals surface area contributed by atoms with Crippen LogP contribution < -0.4 is 0 Å². The van der Waals surface area contributed by atoms with Crippen LogP contribution in [0.25, 0.3) is 105 Å². The predicted octanol–water partition coefficient (Wildman–Crippen LogP) is 13.1. The Morgan fingerprint density at radius 3 is 1.29 bits per heavy atom. The Kier molecular flexibility index (Phi) is 7.14. The van der Waals surface area contributed by atoms with Crippen molar-refractivity contribution in [2.45, 2.75) is 0 Å². The summed E-state index contributed by atoms with van der Waals surface area (Å²) in [5, 5.41) is 9.73. The van der Waals surface area contributed by atoms with E-state index in [0.717, 1.165) is 22.4 Å². The van der Waals surface area contributed by atoms with Gasteiger partial charge in [0.15, 0.2) is 17.5 Å². The van der Waals surface area contributed by atoms with E-state index < -0.39 is 0 Å². The summed E-state index contributed by atoms with van der Waals surface area (Å²) >= 11 is 0. The Morgan fingerprint density at radius 2 is 0.655 bits per heavy atom. The molecule has 0 unspecified atom stereocenters. The van der Waals surface area contributed by atoms with Crippen LogP contribution in [0.2, 0.25) is 0 Å². The Bertz CT molecular complexity index is 3180. The van der Waals surface area contributed by atoms with Crippen molar-refractivity contribution in [3.05, 3.63) is 194 Å². The van der Waals surface area contributed by atoms with E-state index >= 15 is 0 Å². The predicted molar refractivity (Wildman–Crippen MR) is 228 cm³/mol. The lowest BCUT2D eigenvalue weighted by Crippen LogP contribution is -2.00. The molecule has 2 aromatic heterocycles. The molecule has 0 aliphatic heterocycles. The van der Waals surface area contributed by atoms with Gasteiger partial charge in [0, 0.05) is 33.2 Å². The third kappa shape index (κ3) is 5.19. The Hall–Kier alpha value is -7.43. The molecule has 11 rings (SSSR count). The lowest BCUT2D eigenvalue weighted by Gasteiger charge is -2.14. The largest absolute Gasteiger partial charge is 0.309 e. The number of para-hydroxylation sites is 2. The third-order valence-electron chi connectivity index (χ3n) is 10.8. The van der Waals surface area contributed by atoms with Crippen LogP contribution in [0.5, 0.6) is 0 Å². The van der Waals surface area contributed by atoms with Crippen molar-refractivity contribution in [3.8, 4) is 51.0 Å². The van der Waals surface area contributed by atoms with Crippen molar-refractivity contribution in [2.24, 2.45) is 0 Å². The molecule has 0 saturated carbocycles. The van der Waals surface area contributed by atoms with Crippen molar-refractivity contribution >= 4 is 54.1 Å². The van der Waals surface area contributed by atoms with E-state index in [0.29, 0.717) is 17.5 Å². The van der Waals surface area contributed by atoms with Crippen molar-refractivity contribution in [2.75, 3.05) is 0 Å². The number of fused-ring (bicyclic) bond motifs is 9. The van der Waals surface area contributed by atoms with Gasteiger partial charge in [0.2, 0.25) is 0 Å². The smallest absolute Gasteiger partial charge is 0.164 e. The van der Waals surface area contributed by atoms with Gasteiger partial charge in [-0.05, 0) is 85.9 Å². The van der Waals surface area contributed by atoms with Crippen molar-refractivity contribution in [3.63, 3.8) is 0 Å². The molecule has 256 valence electrons. The van der Waals surface area contributed by atoms with E-state index in [2.05, 4.69) is 138 Å². The van der Waals surface area contributed by atoms with Crippen LogP contribution in [0.1, 0.15) is 0 Å². The molecule has 4 nitrogen and oxygen atoms in total. The van der Waals surface area contributed by atoms with Crippen LogP contribution in [0, 0.1) is 0 Å². The fourth-order valence-electron chi connectivity index (χ4n) is 8.22. The molecule has 55 heavy (non-hydrogen) atoms. The molecule has 9 aromatic carbocycles. The van der Waals surface area contributed by atoms with E-state index in [-0.39, 0.29) is 0 Å². The first-order valence-electron chi connectivity index (χ1n) is 18.6. The van der Waals surface area contributed by atoms with Crippen LogP contribution in [0.4, 0.5) is 0 Å². The lowest BCUT2D eigenvalue weighted by atomic mass is 9.91. The number of benzene rings is 9. The highest BCUT2D eigenvalue weighted by Crippen LogP contribution is 2.40. The minimum atomic E-state index is 0.649. The molecular weight excluding hydrogens is 669 g/mol. The molecule has 0 atom stereocenters. The number of rotatable bonds is 5. The maximum Gasteiger partial charge on any atom is 0.164 e. The van der Waals surface area contributed by atoms with E-state index in [1.807, 2.05) is 60.7 Å². The van der Waals surface area contributed by atoms with Crippen LogP contribution in [-0.4, -0.2) is 19.5 Å². The van der Waals surface area contributed by atoms with Gasteiger partial charge in [-0.3, -0.25) is 0 Å². The fourth-order valence-corrected chi connectivity index (χ4v) is 8.22. The van der Waals surface area contributed by atoms with Crippen molar-refractivity contribution in [1.29, 1.82) is 0 Å². The summed E-state index contributed by atoms with van der Waals surface area (Å²) in [5.74, 6) is 1.96. The molecular formula is C51H32N4. The highest BCUT2D eigenvalue weighted by atomic mass is 15.0. The van der Waals surface area contributed by atoms with Gasteiger partial charge in [0.05, 0.1) is 11.0 Å². The number of hydrogen-bond acceptors (Lipinski definition) is 3. The van der Waals surface area contributed by atoms with Crippen LogP contribution >= 0.6 is 0 Å². The van der Waals surface area contributed by atoms with Crippen molar-refractivity contribution in [1.82, 2.24) is 19.5 Å². The Morgan fingerprint density at radius 1 is 0.255 bits per heavy atom. The second kappa shape index (κ2) is 12.6. The monoisotopic (exact) mass is 700 g/mol. The van der Waals surface area contributed by atoms with Gasteiger partial charge in [-0.1, -0.05) is 152 Å². The average Bonchev–Trinajstić information content (AvgIpc) is 3.60. The molecule has 0 amide bonds. The van der Waals surface area contributed by atoms with Gasteiger partial charge >= 0.3 is 0 Å². The minimum absolute atomic E-state index is 0.649. The summed E-state index contributed by atoms with van der Waals surface area (Å²) in [4.78, 5) is 15.0. The molecule has 2 heterocycles. The topological polar surface area (TPSA) is 43.6 Å². The molecule has 0 aliphatic rings. The molecule has 11 aromatic rings. The normalized spacial score (nSPS) is 11.6. The van der Waals surface area contributed by atoms with Crippen LogP contribution in [0.3, 0.4) is 0 Å². The zero-order valence-electron chi connectivity index (χ0n) is 29.8. The first-order valence-corrected chi connectivity index (χ1v) is 18.6. The second-order valence-electron chi connectivity index (χ2n) is 14.0. The van der Waals surface area contributed by atoms with Crippen molar-refractivity contribution < 1.29 is 0 Å². The maximum absolute atomic E-state index is 5.05. The second-order valence-corrected chi connectivity index (χ2v) is 14.0. The summed E-state index contributed by atoms with van der Waals surface area (Å²) < 4.78 is 2.37. The summed E-state index contributed by atoms with van der Waals surface area (Å²) in [6, 6.07) is 68.8. The standard InChI is InChI=1S/C51H32N4/c1-4-14-33(15-5-1)49-52-50(34-16-6-2-7-17-34)54-51(53-49)37-25-28-41-39-20-10-11-21-40(39)44-30-35(24-27-42(44)45(41)32-37)36-26-29-48-46(31-36)43-22-12-13-23-47(43)55(48)38-18-8-3-9-19-38/h1-32H. The third-order valence-corrected chi connectivity index (χ3v) is 10.8. The van der Waals surface area contributed by atoms with E-state index in [1.54, 1.807) is 0 Å². The molecule has 0 N–H and O–H groups in total. The first-order chi connectivity index (χ1) is 27.3. The van der Waals surface area contributed by atoms with Gasteiger partial charge in [0.1, 0.15) is 0 Å². The highest BCUT2D eigenvalue weighted by Gasteiger charge is 2.17. The molecule has 0 spiro atoms. The SMILES string of the molecule is c1ccc(-c2nc(-c3ccccc3)nc(-c3ccc4c5ccccc5c5cc(-c6ccc7c(c6)c6ccccc6n7-c6ccccc6)ccc5c4c3)n2)cc1. The zero-order chi connectivity index (χ0) is 36.3.